The summed E-state index contributed by atoms with van der Waals surface area (Å²) in [5.74, 6) is 0.723. The van der Waals surface area contributed by atoms with E-state index in [0.29, 0.717) is 16.6 Å². The van der Waals surface area contributed by atoms with Gasteiger partial charge in [0.2, 0.25) is 0 Å². The summed E-state index contributed by atoms with van der Waals surface area (Å²) in [4.78, 5) is 3.99. The molecule has 1 aromatic carbocycles. The van der Waals surface area contributed by atoms with Crippen molar-refractivity contribution in [1.29, 1.82) is 0 Å². The van der Waals surface area contributed by atoms with E-state index < -0.39 is 0 Å². The molecule has 0 saturated carbocycles. The Labute approximate surface area is 99.5 Å². The predicted octanol–water partition coefficient (Wildman–Crippen LogP) is 2.29. The molecule has 1 rings (SSSR count). The lowest BCUT2D eigenvalue weighted by Gasteiger charge is -2.09. The Kier molecular flexibility index (Phi) is 4.72. The van der Waals surface area contributed by atoms with Gasteiger partial charge in [0.05, 0.1) is 0 Å². The first kappa shape index (κ1) is 12.1. The van der Waals surface area contributed by atoms with Crippen molar-refractivity contribution in [2.24, 2.45) is 4.99 Å². The van der Waals surface area contributed by atoms with Crippen LogP contribution < -0.4 is 10.6 Å². The molecule has 0 atom stereocenters. The summed E-state index contributed by atoms with van der Waals surface area (Å²) in [5.41, 5.74) is 0.984. The van der Waals surface area contributed by atoms with Gasteiger partial charge in [-0.3, -0.25) is 4.99 Å². The van der Waals surface area contributed by atoms with Crippen LogP contribution in [0.15, 0.2) is 23.2 Å². The molecule has 0 aliphatic carbocycles. The molecule has 2 N–H and O–H groups in total. The molecule has 0 aliphatic rings. The molecule has 0 aliphatic heterocycles. The number of nitrogens with one attached hydrogen (secondary N) is 2. The van der Waals surface area contributed by atoms with Gasteiger partial charge in [-0.1, -0.05) is 29.3 Å². The fraction of sp³-hybridized carbons (Fsp3) is 0.300. The Hall–Kier alpha value is -0.930. The normalized spacial score (nSPS) is 11.3. The minimum atomic E-state index is 0.615. The maximum atomic E-state index is 6.01. The summed E-state index contributed by atoms with van der Waals surface area (Å²) < 4.78 is 0. The van der Waals surface area contributed by atoms with Crippen LogP contribution in [0.3, 0.4) is 0 Å². The van der Waals surface area contributed by atoms with Gasteiger partial charge in [0.1, 0.15) is 0 Å². The van der Waals surface area contributed by atoms with Gasteiger partial charge in [-0.05, 0) is 17.7 Å². The number of rotatable bonds is 2. The molecule has 82 valence electrons. The molecule has 0 heterocycles. The third-order valence-corrected chi connectivity index (χ3v) is 2.51. The molecule has 3 nitrogen and oxygen atoms in total. The van der Waals surface area contributed by atoms with E-state index in [-0.39, 0.29) is 0 Å². The Balaban J connectivity index is 2.65. The van der Waals surface area contributed by atoms with Crippen molar-refractivity contribution in [3.63, 3.8) is 0 Å². The third-order valence-electron chi connectivity index (χ3n) is 1.92. The highest BCUT2D eigenvalue weighted by molar-refractivity contribution is 6.35. The zero-order valence-corrected chi connectivity index (χ0v) is 10.2. The SMILES string of the molecule is CN=C(NC)NCc1ccc(Cl)cc1Cl. The van der Waals surface area contributed by atoms with E-state index in [4.69, 9.17) is 23.2 Å². The van der Waals surface area contributed by atoms with Crippen molar-refractivity contribution >= 4 is 29.2 Å². The summed E-state index contributed by atoms with van der Waals surface area (Å²) in [6.07, 6.45) is 0. The predicted molar refractivity (Wildman–Crippen MR) is 65.7 cm³/mol. The van der Waals surface area contributed by atoms with Crippen molar-refractivity contribution < 1.29 is 0 Å². The van der Waals surface area contributed by atoms with E-state index in [1.807, 2.05) is 12.1 Å². The molecular formula is C10H13Cl2N3. The van der Waals surface area contributed by atoms with Crippen LogP contribution in [0.2, 0.25) is 10.0 Å². The van der Waals surface area contributed by atoms with Crippen molar-refractivity contribution in [2.45, 2.75) is 6.54 Å². The number of halogens is 2. The molecule has 0 fully saturated rings. The van der Waals surface area contributed by atoms with Crippen molar-refractivity contribution in [1.82, 2.24) is 10.6 Å². The number of aliphatic imine (C=N–C) groups is 1. The highest BCUT2D eigenvalue weighted by Gasteiger charge is 2.01. The Morgan fingerprint density at radius 3 is 2.67 bits per heavy atom. The number of hydrogen-bond donors (Lipinski definition) is 2. The van der Waals surface area contributed by atoms with Gasteiger partial charge >= 0.3 is 0 Å². The number of nitrogens with zero attached hydrogens (tertiary/aromatic N) is 1. The van der Waals surface area contributed by atoms with Crippen molar-refractivity contribution in [2.75, 3.05) is 14.1 Å². The van der Waals surface area contributed by atoms with E-state index in [1.54, 1.807) is 20.2 Å². The quantitative estimate of drug-likeness (QED) is 0.620. The molecule has 0 aromatic heterocycles. The molecule has 0 saturated heterocycles. The summed E-state index contributed by atoms with van der Waals surface area (Å²) in [6, 6.07) is 5.43. The van der Waals surface area contributed by atoms with Crippen LogP contribution in [0.25, 0.3) is 0 Å². The Morgan fingerprint density at radius 2 is 2.13 bits per heavy atom. The van der Waals surface area contributed by atoms with Crippen LogP contribution in [0, 0.1) is 0 Å². The summed E-state index contributed by atoms with van der Waals surface area (Å²) in [5, 5.41) is 7.32. The fourth-order valence-electron chi connectivity index (χ4n) is 1.12. The highest BCUT2D eigenvalue weighted by atomic mass is 35.5. The van der Waals surface area contributed by atoms with E-state index >= 15 is 0 Å². The molecule has 0 bridgehead atoms. The lowest BCUT2D eigenvalue weighted by molar-refractivity contribution is 0.866. The van der Waals surface area contributed by atoms with Crippen LogP contribution in [0.5, 0.6) is 0 Å². The van der Waals surface area contributed by atoms with Crippen LogP contribution >= 0.6 is 23.2 Å². The Bertz CT molecular complexity index is 364. The molecule has 0 amide bonds. The monoisotopic (exact) mass is 245 g/mol. The molecular weight excluding hydrogens is 233 g/mol. The highest BCUT2D eigenvalue weighted by Crippen LogP contribution is 2.20. The first-order chi connectivity index (χ1) is 7.17. The summed E-state index contributed by atoms with van der Waals surface area (Å²) in [7, 11) is 3.51. The van der Waals surface area contributed by atoms with Crippen LogP contribution in [-0.2, 0) is 6.54 Å². The summed E-state index contributed by atoms with van der Waals surface area (Å²) in [6.45, 7) is 0.615. The van der Waals surface area contributed by atoms with Crippen molar-refractivity contribution in [3.05, 3.63) is 33.8 Å². The second-order valence-electron chi connectivity index (χ2n) is 2.91. The third kappa shape index (κ3) is 3.61. The fourth-order valence-corrected chi connectivity index (χ4v) is 1.60. The molecule has 5 heteroatoms. The average Bonchev–Trinajstić information content (AvgIpc) is 2.22. The number of hydrogen-bond acceptors (Lipinski definition) is 1. The van der Waals surface area contributed by atoms with Gasteiger partial charge in [-0.15, -0.1) is 0 Å². The molecule has 15 heavy (non-hydrogen) atoms. The second kappa shape index (κ2) is 5.83. The Morgan fingerprint density at radius 1 is 1.40 bits per heavy atom. The van der Waals surface area contributed by atoms with Gasteiger partial charge in [-0.25, -0.2) is 0 Å². The van der Waals surface area contributed by atoms with Crippen molar-refractivity contribution in [3.8, 4) is 0 Å². The van der Waals surface area contributed by atoms with Gasteiger partial charge in [0.15, 0.2) is 5.96 Å². The van der Waals surface area contributed by atoms with Gasteiger partial charge in [-0.2, -0.15) is 0 Å². The molecule has 0 radical (unpaired) electrons. The van der Waals surface area contributed by atoms with E-state index in [9.17, 15) is 0 Å². The van der Waals surface area contributed by atoms with Gasteiger partial charge in [0.25, 0.3) is 0 Å². The molecule has 1 aromatic rings. The zero-order chi connectivity index (χ0) is 11.3. The van der Waals surface area contributed by atoms with Crippen LogP contribution in [0.4, 0.5) is 0 Å². The maximum Gasteiger partial charge on any atom is 0.190 e. The first-order valence-electron chi connectivity index (χ1n) is 4.49. The lowest BCUT2D eigenvalue weighted by Crippen LogP contribution is -2.34. The van der Waals surface area contributed by atoms with E-state index in [1.165, 1.54) is 0 Å². The second-order valence-corrected chi connectivity index (χ2v) is 3.76. The van der Waals surface area contributed by atoms with E-state index in [2.05, 4.69) is 15.6 Å². The maximum absolute atomic E-state index is 6.01. The van der Waals surface area contributed by atoms with Gasteiger partial charge < -0.3 is 10.6 Å². The summed E-state index contributed by atoms with van der Waals surface area (Å²) >= 11 is 11.8. The average molecular weight is 246 g/mol. The number of guanidine groups is 1. The standard InChI is InChI=1S/C10H13Cl2N3/c1-13-10(14-2)15-6-7-3-4-8(11)5-9(7)12/h3-5H,6H2,1-2H3,(H2,13,14,15). The largest absolute Gasteiger partial charge is 0.359 e. The smallest absolute Gasteiger partial charge is 0.190 e. The zero-order valence-electron chi connectivity index (χ0n) is 8.64. The lowest BCUT2D eigenvalue weighted by atomic mass is 10.2. The van der Waals surface area contributed by atoms with Crippen LogP contribution in [-0.4, -0.2) is 20.1 Å². The topological polar surface area (TPSA) is 36.4 Å². The number of benzene rings is 1. The molecule has 0 spiro atoms. The van der Waals surface area contributed by atoms with E-state index in [0.717, 1.165) is 11.5 Å². The molecule has 0 unspecified atom stereocenters. The minimum Gasteiger partial charge on any atom is -0.359 e. The van der Waals surface area contributed by atoms with Gasteiger partial charge in [0, 0.05) is 30.7 Å². The first-order valence-corrected chi connectivity index (χ1v) is 5.25. The van der Waals surface area contributed by atoms with Crippen LogP contribution in [0.1, 0.15) is 5.56 Å². The minimum absolute atomic E-state index is 0.615.